The highest BCUT2D eigenvalue weighted by Crippen LogP contribution is 2.29. The number of carbonyl (C=O) groups is 1. The number of aryl methyl sites for hydroxylation is 2. The maximum atomic E-state index is 12.9. The third-order valence-electron chi connectivity index (χ3n) is 5.21. The molecule has 3 rings (SSSR count). The highest BCUT2D eigenvalue weighted by molar-refractivity contribution is 8.01. The third kappa shape index (κ3) is 6.18. The molecule has 29 heavy (non-hydrogen) atoms. The first-order valence-corrected chi connectivity index (χ1v) is 11.8. The van der Waals surface area contributed by atoms with E-state index in [1.807, 2.05) is 32.0 Å². The molecular formula is C21H27N5OS2. The molecule has 154 valence electrons. The summed E-state index contributed by atoms with van der Waals surface area (Å²) in [5.41, 5.74) is 3.15. The second-order valence-electron chi connectivity index (χ2n) is 7.36. The summed E-state index contributed by atoms with van der Waals surface area (Å²) in [7, 11) is 0. The van der Waals surface area contributed by atoms with Gasteiger partial charge >= 0.3 is 0 Å². The van der Waals surface area contributed by atoms with Crippen LogP contribution in [0.4, 0.5) is 10.8 Å². The Hall–Kier alpha value is -2.11. The topological polar surface area (TPSA) is 81.9 Å². The molecule has 0 unspecified atom stereocenters. The van der Waals surface area contributed by atoms with Gasteiger partial charge in [0.25, 0.3) is 0 Å². The first-order chi connectivity index (χ1) is 14.1. The largest absolute Gasteiger partial charge is 0.357 e. The molecule has 8 heteroatoms. The van der Waals surface area contributed by atoms with Crippen molar-refractivity contribution in [3.8, 4) is 6.07 Å². The lowest BCUT2D eigenvalue weighted by atomic mass is 9.96. The fourth-order valence-corrected chi connectivity index (χ4v) is 5.11. The Bertz CT molecular complexity index is 870. The van der Waals surface area contributed by atoms with Crippen molar-refractivity contribution < 1.29 is 4.79 Å². The normalized spacial score (nSPS) is 14.4. The van der Waals surface area contributed by atoms with E-state index in [-0.39, 0.29) is 11.7 Å². The zero-order chi connectivity index (χ0) is 20.6. The van der Waals surface area contributed by atoms with Gasteiger partial charge in [0.2, 0.25) is 11.0 Å². The maximum Gasteiger partial charge on any atom is 0.237 e. The summed E-state index contributed by atoms with van der Waals surface area (Å²) in [5.74, 6) is 0.252. The molecule has 1 aromatic carbocycles. The van der Waals surface area contributed by atoms with Crippen LogP contribution in [0.1, 0.15) is 49.7 Å². The van der Waals surface area contributed by atoms with Crippen LogP contribution in [0.2, 0.25) is 0 Å². The number of amides is 1. The van der Waals surface area contributed by atoms with Gasteiger partial charge in [-0.25, -0.2) is 0 Å². The van der Waals surface area contributed by atoms with E-state index in [0.717, 1.165) is 20.7 Å². The van der Waals surface area contributed by atoms with Crippen molar-refractivity contribution in [1.29, 1.82) is 5.26 Å². The summed E-state index contributed by atoms with van der Waals surface area (Å²) >= 11 is 2.91. The van der Waals surface area contributed by atoms with Gasteiger partial charge in [-0.15, -0.1) is 10.2 Å². The maximum absolute atomic E-state index is 12.9. The van der Waals surface area contributed by atoms with Crippen molar-refractivity contribution >= 4 is 39.8 Å². The van der Waals surface area contributed by atoms with Crippen molar-refractivity contribution in [2.24, 2.45) is 0 Å². The molecule has 6 nitrogen and oxygen atoms in total. The number of carbonyl (C=O) groups excluding carboxylic acids is 1. The Balaban J connectivity index is 1.59. The Morgan fingerprint density at radius 3 is 2.79 bits per heavy atom. The lowest BCUT2D eigenvalue weighted by Crippen LogP contribution is -2.33. The molecule has 0 aliphatic heterocycles. The number of anilines is 2. The van der Waals surface area contributed by atoms with Crippen molar-refractivity contribution in [2.45, 2.75) is 62.8 Å². The van der Waals surface area contributed by atoms with E-state index in [1.54, 1.807) is 4.90 Å². The van der Waals surface area contributed by atoms with E-state index < -0.39 is 0 Å². The van der Waals surface area contributed by atoms with Gasteiger partial charge in [-0.05, 0) is 49.9 Å². The van der Waals surface area contributed by atoms with Gasteiger partial charge in [0, 0.05) is 18.3 Å². The highest BCUT2D eigenvalue weighted by atomic mass is 32.2. The first-order valence-electron chi connectivity index (χ1n) is 10.0. The fourth-order valence-electron chi connectivity index (χ4n) is 3.40. The van der Waals surface area contributed by atoms with Crippen molar-refractivity contribution in [1.82, 2.24) is 10.2 Å². The molecule has 1 fully saturated rings. The Morgan fingerprint density at radius 1 is 1.28 bits per heavy atom. The number of hydrogen-bond donors (Lipinski definition) is 1. The molecule has 1 aliphatic rings. The Morgan fingerprint density at radius 2 is 2.07 bits per heavy atom. The number of nitriles is 1. The van der Waals surface area contributed by atoms with Crippen LogP contribution in [0.15, 0.2) is 22.5 Å². The van der Waals surface area contributed by atoms with Gasteiger partial charge in [0.15, 0.2) is 4.34 Å². The summed E-state index contributed by atoms with van der Waals surface area (Å²) in [5, 5.41) is 21.7. The van der Waals surface area contributed by atoms with Gasteiger partial charge in [0.05, 0.1) is 18.2 Å². The number of nitrogens with zero attached hydrogens (tertiary/aromatic N) is 4. The molecule has 0 atom stereocenters. The zero-order valence-corrected chi connectivity index (χ0v) is 18.6. The van der Waals surface area contributed by atoms with Gasteiger partial charge in [0.1, 0.15) is 0 Å². The van der Waals surface area contributed by atoms with E-state index in [4.69, 9.17) is 5.26 Å². The van der Waals surface area contributed by atoms with Gasteiger partial charge in [-0.1, -0.05) is 48.4 Å². The summed E-state index contributed by atoms with van der Waals surface area (Å²) < 4.78 is 0.789. The molecule has 0 spiro atoms. The summed E-state index contributed by atoms with van der Waals surface area (Å²) in [6.07, 6.45) is 6.53. The molecule has 1 heterocycles. The minimum absolute atomic E-state index is 0.0227. The second kappa shape index (κ2) is 10.6. The Kier molecular flexibility index (Phi) is 7.90. The van der Waals surface area contributed by atoms with Crippen LogP contribution < -0.4 is 10.2 Å². The smallest absolute Gasteiger partial charge is 0.237 e. The number of aromatic nitrogens is 2. The minimum atomic E-state index is -0.0227. The summed E-state index contributed by atoms with van der Waals surface area (Å²) in [4.78, 5) is 14.6. The number of hydrogen-bond acceptors (Lipinski definition) is 7. The number of rotatable bonds is 8. The zero-order valence-electron chi connectivity index (χ0n) is 17.0. The molecule has 0 bridgehead atoms. The van der Waals surface area contributed by atoms with Crippen molar-refractivity contribution in [3.63, 3.8) is 0 Å². The summed E-state index contributed by atoms with van der Waals surface area (Å²) in [6, 6.07) is 8.59. The lowest BCUT2D eigenvalue weighted by molar-refractivity contribution is -0.116. The molecule has 0 radical (unpaired) electrons. The lowest BCUT2D eigenvalue weighted by Gasteiger charge is -2.22. The first kappa shape index (κ1) is 21.6. The van der Waals surface area contributed by atoms with Crippen LogP contribution in [0.5, 0.6) is 0 Å². The minimum Gasteiger partial charge on any atom is -0.357 e. The van der Waals surface area contributed by atoms with Crippen LogP contribution in [-0.2, 0) is 4.79 Å². The van der Waals surface area contributed by atoms with E-state index in [9.17, 15) is 4.79 Å². The third-order valence-corrected chi connectivity index (χ3v) is 7.18. The molecular weight excluding hydrogens is 402 g/mol. The van der Waals surface area contributed by atoms with Crippen LogP contribution in [0.25, 0.3) is 0 Å². The average Bonchev–Trinajstić information content (AvgIpc) is 3.17. The highest BCUT2D eigenvalue weighted by Gasteiger charge is 2.19. The molecule has 0 saturated heterocycles. The molecule has 1 N–H and O–H groups in total. The van der Waals surface area contributed by atoms with E-state index in [2.05, 4.69) is 21.6 Å². The monoisotopic (exact) mass is 429 g/mol. The number of benzene rings is 1. The fraction of sp³-hybridized carbons (Fsp3) is 0.524. The molecule has 1 aliphatic carbocycles. The number of nitrogens with one attached hydrogen (secondary N) is 1. The Labute approximate surface area is 180 Å². The average molecular weight is 430 g/mol. The van der Waals surface area contributed by atoms with Gasteiger partial charge < -0.3 is 10.2 Å². The van der Waals surface area contributed by atoms with Crippen LogP contribution >= 0.6 is 23.1 Å². The van der Waals surface area contributed by atoms with Gasteiger partial charge in [-0.2, -0.15) is 5.26 Å². The second-order valence-corrected chi connectivity index (χ2v) is 9.56. The predicted molar refractivity (Wildman–Crippen MR) is 120 cm³/mol. The van der Waals surface area contributed by atoms with Crippen molar-refractivity contribution in [2.75, 3.05) is 22.5 Å². The molecule has 2 aromatic rings. The molecule has 1 saturated carbocycles. The quantitative estimate of drug-likeness (QED) is 0.599. The van der Waals surface area contributed by atoms with E-state index in [0.29, 0.717) is 19.0 Å². The van der Waals surface area contributed by atoms with Crippen molar-refractivity contribution in [3.05, 3.63) is 29.3 Å². The number of thioether (sulfide) groups is 1. The SMILES string of the molecule is Cc1ccc(N(CCC#N)C(=O)CSc2nnc(NC3CCCCC3)s2)cc1C. The van der Waals surface area contributed by atoms with Crippen LogP contribution in [-0.4, -0.2) is 34.4 Å². The predicted octanol–water partition coefficient (Wildman–Crippen LogP) is 4.94. The molecule has 1 amide bonds. The van der Waals surface area contributed by atoms with Gasteiger partial charge in [-0.3, -0.25) is 4.79 Å². The van der Waals surface area contributed by atoms with Crippen LogP contribution in [0, 0.1) is 25.2 Å². The van der Waals surface area contributed by atoms with E-state index >= 15 is 0 Å². The summed E-state index contributed by atoms with van der Waals surface area (Å²) in [6.45, 7) is 4.47. The van der Waals surface area contributed by atoms with Crippen LogP contribution in [0.3, 0.4) is 0 Å². The standard InChI is InChI=1S/C21H27N5OS2/c1-15-9-10-18(13-16(15)2)26(12-6-11-22)19(27)14-28-21-25-24-20(29-21)23-17-7-4-3-5-8-17/h9-10,13,17H,3-8,12,14H2,1-2H3,(H,23,24). The van der Waals surface area contributed by atoms with E-state index in [1.165, 1.54) is 60.8 Å². The molecule has 1 aromatic heterocycles.